The molecule has 4 N–H and O–H groups in total. The Morgan fingerprint density at radius 1 is 1.15 bits per heavy atom. The van der Waals surface area contributed by atoms with Gasteiger partial charge in [-0.3, -0.25) is 19.7 Å². The number of primary amides is 1. The molecule has 0 spiro atoms. The second kappa shape index (κ2) is 14.9. The average molecular weight is 541 g/mol. The summed E-state index contributed by atoms with van der Waals surface area (Å²) >= 11 is 3.34. The van der Waals surface area contributed by atoms with Crippen LogP contribution in [0.5, 0.6) is 11.5 Å². The maximum atomic E-state index is 11.0. The van der Waals surface area contributed by atoms with Crippen molar-refractivity contribution in [3.63, 3.8) is 0 Å². The van der Waals surface area contributed by atoms with Crippen LogP contribution in [0.15, 0.2) is 40.9 Å². The Morgan fingerprint density at radius 3 is 2.29 bits per heavy atom. The third-order valence-corrected chi connectivity index (χ3v) is 5.08. The summed E-state index contributed by atoms with van der Waals surface area (Å²) in [6.45, 7) is 1.60. The van der Waals surface area contributed by atoms with E-state index < -0.39 is 22.9 Å². The molecule has 186 valence electrons. The molecule has 1 unspecified atom stereocenters. The molecule has 11 heteroatoms. The molecule has 0 saturated carbocycles. The third-order valence-electron chi connectivity index (χ3n) is 4.55. The zero-order chi connectivity index (χ0) is 25.7. The summed E-state index contributed by atoms with van der Waals surface area (Å²) in [6.07, 6.45) is 1.33. The van der Waals surface area contributed by atoms with Crippen LogP contribution in [0, 0.1) is 10.1 Å². The van der Waals surface area contributed by atoms with Crippen LogP contribution in [0.1, 0.15) is 49.8 Å². The number of benzene rings is 2. The first-order valence-electron chi connectivity index (χ1n) is 10.5. The fourth-order valence-corrected chi connectivity index (χ4v) is 3.12. The average Bonchev–Trinajstić information content (AvgIpc) is 2.77. The molecule has 0 aliphatic heterocycles. The Hall–Kier alpha value is -3.18. The Kier molecular flexibility index (Phi) is 12.6. The topological polar surface area (TPSA) is 162 Å². The van der Waals surface area contributed by atoms with Crippen LogP contribution >= 0.6 is 15.9 Å². The van der Waals surface area contributed by atoms with Crippen molar-refractivity contribution in [1.82, 2.24) is 0 Å². The van der Waals surface area contributed by atoms with Crippen LogP contribution in [0.4, 0.5) is 5.69 Å². The zero-order valence-corrected chi connectivity index (χ0v) is 20.6. The quantitative estimate of drug-likeness (QED) is 0.205. The summed E-state index contributed by atoms with van der Waals surface area (Å²) in [6, 6.07) is 10.5. The van der Waals surface area contributed by atoms with Gasteiger partial charge in [-0.2, -0.15) is 0 Å². The minimum absolute atomic E-state index is 0.140. The lowest BCUT2D eigenvalue weighted by Crippen LogP contribution is -2.12. The minimum atomic E-state index is -1.01. The van der Waals surface area contributed by atoms with Crippen LogP contribution in [0.3, 0.4) is 0 Å². The number of carbonyl (C=O) groups is 2. The molecule has 0 bridgehead atoms. The first kappa shape index (κ1) is 28.9. The number of methoxy groups -OCH3 is 1. The van der Waals surface area contributed by atoms with Gasteiger partial charge in [-0.1, -0.05) is 28.1 Å². The molecule has 1 atom stereocenters. The summed E-state index contributed by atoms with van der Waals surface area (Å²) < 4.78 is 11.5. The number of aliphatic carboxylic acids is 1. The second-order valence-electron chi connectivity index (χ2n) is 7.29. The molecule has 0 heterocycles. The van der Waals surface area contributed by atoms with Gasteiger partial charge >= 0.3 is 5.97 Å². The van der Waals surface area contributed by atoms with E-state index in [9.17, 15) is 24.8 Å². The van der Waals surface area contributed by atoms with Crippen molar-refractivity contribution in [2.45, 2.75) is 45.1 Å². The molecule has 10 nitrogen and oxygen atoms in total. The van der Waals surface area contributed by atoms with Gasteiger partial charge in [-0.05, 0) is 49.9 Å². The number of ether oxygens (including phenoxy) is 2. The number of hydrogen-bond acceptors (Lipinski definition) is 7. The molecule has 0 aliphatic rings. The maximum absolute atomic E-state index is 11.0. The summed E-state index contributed by atoms with van der Waals surface area (Å²) in [4.78, 5) is 31.3. The molecular weight excluding hydrogens is 512 g/mol. The highest BCUT2D eigenvalue weighted by Gasteiger charge is 2.22. The van der Waals surface area contributed by atoms with Crippen molar-refractivity contribution in [3.8, 4) is 11.5 Å². The number of rotatable bonds is 12. The molecule has 1 amide bonds. The smallest absolute Gasteiger partial charge is 0.303 e. The molecule has 0 saturated heterocycles. The van der Waals surface area contributed by atoms with Crippen molar-refractivity contribution in [2.24, 2.45) is 5.73 Å². The van der Waals surface area contributed by atoms with Gasteiger partial charge in [0.05, 0.1) is 36.4 Å². The number of aliphatic hydroxyl groups excluding tert-OH is 1. The van der Waals surface area contributed by atoms with Crippen molar-refractivity contribution < 1.29 is 34.2 Å². The predicted molar refractivity (Wildman–Crippen MR) is 129 cm³/mol. The van der Waals surface area contributed by atoms with Gasteiger partial charge in [-0.15, -0.1) is 0 Å². The summed E-state index contributed by atoms with van der Waals surface area (Å²) in [5.74, 6) is -0.716. The molecule has 0 radical (unpaired) electrons. The fraction of sp³-hybridized carbons (Fsp3) is 0.391. The monoisotopic (exact) mass is 540 g/mol. The largest absolute Gasteiger partial charge is 0.493 e. The van der Waals surface area contributed by atoms with E-state index in [1.807, 2.05) is 24.3 Å². The normalized spacial score (nSPS) is 11.1. The van der Waals surface area contributed by atoms with Gasteiger partial charge < -0.3 is 25.4 Å². The van der Waals surface area contributed by atoms with Gasteiger partial charge in [0.15, 0.2) is 11.5 Å². The van der Waals surface area contributed by atoms with Crippen LogP contribution in [-0.2, 0) is 16.0 Å². The number of carboxylic acid groups (broad SMARTS) is 1. The summed E-state index contributed by atoms with van der Waals surface area (Å²) in [7, 11) is 1.39. The number of aliphatic hydroxyl groups is 1. The summed E-state index contributed by atoms with van der Waals surface area (Å²) in [5.41, 5.74) is 6.08. The molecular formula is C23H29BrN2O8. The van der Waals surface area contributed by atoms with Gasteiger partial charge in [0.25, 0.3) is 5.69 Å². The van der Waals surface area contributed by atoms with E-state index in [0.29, 0.717) is 12.8 Å². The Balaban J connectivity index is 0.000000380. The van der Waals surface area contributed by atoms with E-state index in [4.69, 9.17) is 20.3 Å². The Morgan fingerprint density at radius 2 is 1.79 bits per heavy atom. The van der Waals surface area contributed by atoms with Gasteiger partial charge in [-0.25, -0.2) is 0 Å². The SMILES string of the molecule is COc1cc(C(C)O)c([N+](=O)[O-])cc1OCCCC(N)=O.O=C(O)CCCc1ccc(Br)cc1. The predicted octanol–water partition coefficient (Wildman–Crippen LogP) is 4.16. The molecule has 2 aromatic rings. The lowest BCUT2D eigenvalue weighted by atomic mass is 10.1. The number of carbonyl (C=O) groups excluding carboxylic acids is 1. The van der Waals surface area contributed by atoms with Crippen molar-refractivity contribution in [1.29, 1.82) is 0 Å². The van der Waals surface area contributed by atoms with E-state index in [0.717, 1.165) is 10.9 Å². The maximum Gasteiger partial charge on any atom is 0.303 e. The van der Waals surface area contributed by atoms with Crippen LogP contribution in [0.25, 0.3) is 0 Å². The van der Waals surface area contributed by atoms with Crippen molar-refractivity contribution in [3.05, 3.63) is 62.1 Å². The van der Waals surface area contributed by atoms with E-state index in [1.165, 1.54) is 31.7 Å². The third kappa shape index (κ3) is 10.6. The number of nitrogens with zero attached hydrogens (tertiary/aromatic N) is 1. The number of nitro benzene ring substituents is 1. The van der Waals surface area contributed by atoms with E-state index in [1.54, 1.807) is 0 Å². The van der Waals surface area contributed by atoms with E-state index >= 15 is 0 Å². The number of hydrogen-bond donors (Lipinski definition) is 3. The van der Waals surface area contributed by atoms with Crippen LogP contribution in [-0.4, -0.2) is 40.7 Å². The highest BCUT2D eigenvalue weighted by atomic mass is 79.9. The van der Waals surface area contributed by atoms with Gasteiger partial charge in [0.1, 0.15) is 0 Å². The van der Waals surface area contributed by atoms with E-state index in [-0.39, 0.29) is 42.2 Å². The van der Waals surface area contributed by atoms with E-state index in [2.05, 4.69) is 15.9 Å². The number of nitro groups is 1. The highest BCUT2D eigenvalue weighted by molar-refractivity contribution is 9.10. The lowest BCUT2D eigenvalue weighted by Gasteiger charge is -2.13. The number of amides is 1. The van der Waals surface area contributed by atoms with Crippen LogP contribution in [0.2, 0.25) is 0 Å². The minimum Gasteiger partial charge on any atom is -0.493 e. The standard InChI is InChI=1S/C13H18N2O6.C10H11BrO2/c1-8(16)9-6-11(20-2)12(7-10(9)15(18)19)21-5-3-4-13(14)17;11-9-6-4-8(5-7-9)2-1-3-10(12)13/h6-8,16H,3-5H2,1-2H3,(H2,14,17);4-7H,1-3H2,(H,12,13). The number of halogens is 1. The number of carboxylic acids is 1. The van der Waals surface area contributed by atoms with Crippen molar-refractivity contribution >= 4 is 33.5 Å². The first-order chi connectivity index (χ1) is 16.0. The number of nitrogens with two attached hydrogens (primary N) is 1. The molecule has 34 heavy (non-hydrogen) atoms. The molecule has 0 aliphatic carbocycles. The van der Waals surface area contributed by atoms with Crippen molar-refractivity contribution in [2.75, 3.05) is 13.7 Å². The van der Waals surface area contributed by atoms with Gasteiger partial charge in [0, 0.05) is 17.3 Å². The Bertz CT molecular complexity index is 964. The zero-order valence-electron chi connectivity index (χ0n) is 19.0. The molecule has 2 rings (SSSR count). The lowest BCUT2D eigenvalue weighted by molar-refractivity contribution is -0.386. The first-order valence-corrected chi connectivity index (χ1v) is 11.3. The Labute approximate surface area is 206 Å². The molecule has 2 aromatic carbocycles. The second-order valence-corrected chi connectivity index (χ2v) is 8.20. The van der Waals surface area contributed by atoms with Gasteiger partial charge in [0.2, 0.25) is 5.91 Å². The fourth-order valence-electron chi connectivity index (χ4n) is 2.85. The highest BCUT2D eigenvalue weighted by Crippen LogP contribution is 2.37. The summed E-state index contributed by atoms with van der Waals surface area (Å²) in [5, 5.41) is 29.0. The van der Waals surface area contributed by atoms with Crippen LogP contribution < -0.4 is 15.2 Å². The number of aryl methyl sites for hydroxylation is 1. The molecule has 0 aromatic heterocycles. The molecule has 0 fully saturated rings.